The third kappa shape index (κ3) is 3.02. The average Bonchev–Trinajstić information content (AvgIpc) is 2.39. The number of H-pyrrole nitrogens is 1. The highest BCUT2D eigenvalue weighted by Crippen LogP contribution is 2.26. The minimum atomic E-state index is -0.645. The maximum atomic E-state index is 12.0. The first kappa shape index (κ1) is 13.3. The monoisotopic (exact) mass is 260 g/mol. The predicted octanol–water partition coefficient (Wildman–Crippen LogP) is 1.92. The molecule has 1 aliphatic rings. The summed E-state index contributed by atoms with van der Waals surface area (Å²) >= 11 is 0. The summed E-state index contributed by atoms with van der Waals surface area (Å²) < 4.78 is 5.32. The van der Waals surface area contributed by atoms with Crippen LogP contribution < -0.4 is 5.56 Å². The highest BCUT2D eigenvalue weighted by molar-refractivity contribution is 5.89. The zero-order chi connectivity index (χ0) is 13.8. The van der Waals surface area contributed by atoms with Gasteiger partial charge in [-0.25, -0.2) is 4.79 Å². The molecule has 0 radical (unpaired) electrons. The lowest BCUT2D eigenvalue weighted by Crippen LogP contribution is -2.31. The molecule has 1 saturated carbocycles. The topological polar surface area (TPSA) is 82.9 Å². The SMILES string of the molecule is Cc1ccc(C(=O)O[C@@H]2CCCC[C@H]2C#N)c(=O)[nH]1. The van der Waals surface area contributed by atoms with Crippen LogP contribution in [0.5, 0.6) is 0 Å². The summed E-state index contributed by atoms with van der Waals surface area (Å²) in [5, 5.41) is 9.03. The molecule has 5 nitrogen and oxygen atoms in total. The maximum Gasteiger partial charge on any atom is 0.344 e. The van der Waals surface area contributed by atoms with Crippen molar-refractivity contribution in [1.29, 1.82) is 5.26 Å². The van der Waals surface area contributed by atoms with Crippen molar-refractivity contribution in [2.45, 2.75) is 38.7 Å². The molecule has 0 bridgehead atoms. The van der Waals surface area contributed by atoms with E-state index in [1.807, 2.05) is 0 Å². The van der Waals surface area contributed by atoms with E-state index in [1.165, 1.54) is 6.07 Å². The van der Waals surface area contributed by atoms with Gasteiger partial charge in [0.05, 0.1) is 12.0 Å². The summed E-state index contributed by atoms with van der Waals surface area (Å²) in [6.07, 6.45) is 2.97. The molecular formula is C14H16N2O3. The summed E-state index contributed by atoms with van der Waals surface area (Å²) in [5.41, 5.74) is 0.233. The van der Waals surface area contributed by atoms with Gasteiger partial charge in [0.15, 0.2) is 0 Å². The molecule has 1 aromatic heterocycles. The number of pyridine rings is 1. The Balaban J connectivity index is 2.12. The number of esters is 1. The molecule has 2 rings (SSSR count). The fraction of sp³-hybridized carbons (Fsp3) is 0.500. The molecular weight excluding hydrogens is 244 g/mol. The van der Waals surface area contributed by atoms with Gasteiger partial charge in [-0.05, 0) is 38.3 Å². The fourth-order valence-corrected chi connectivity index (χ4v) is 2.32. The third-order valence-electron chi connectivity index (χ3n) is 3.40. The van der Waals surface area contributed by atoms with Crippen molar-refractivity contribution in [1.82, 2.24) is 4.98 Å². The zero-order valence-corrected chi connectivity index (χ0v) is 10.8. The molecule has 1 N–H and O–H groups in total. The van der Waals surface area contributed by atoms with Crippen LogP contribution in [0.3, 0.4) is 0 Å². The summed E-state index contributed by atoms with van der Waals surface area (Å²) in [4.78, 5) is 26.2. The second-order valence-corrected chi connectivity index (χ2v) is 4.85. The Morgan fingerprint density at radius 3 is 2.84 bits per heavy atom. The van der Waals surface area contributed by atoms with E-state index in [4.69, 9.17) is 10.00 Å². The van der Waals surface area contributed by atoms with Crippen LogP contribution in [-0.4, -0.2) is 17.1 Å². The van der Waals surface area contributed by atoms with E-state index in [-0.39, 0.29) is 11.5 Å². The minimum absolute atomic E-state index is 0.00661. The molecule has 100 valence electrons. The lowest BCUT2D eigenvalue weighted by Gasteiger charge is -2.26. The summed E-state index contributed by atoms with van der Waals surface area (Å²) in [7, 11) is 0. The molecule has 0 amide bonds. The number of rotatable bonds is 2. The van der Waals surface area contributed by atoms with Crippen molar-refractivity contribution in [3.8, 4) is 6.07 Å². The van der Waals surface area contributed by atoms with Gasteiger partial charge in [-0.15, -0.1) is 0 Å². The molecule has 0 aromatic carbocycles. The number of hydrogen-bond acceptors (Lipinski definition) is 4. The minimum Gasteiger partial charge on any atom is -0.457 e. The number of nitrogens with zero attached hydrogens (tertiary/aromatic N) is 1. The van der Waals surface area contributed by atoms with Gasteiger partial charge in [0.1, 0.15) is 11.7 Å². The quantitative estimate of drug-likeness (QED) is 0.823. The summed E-state index contributed by atoms with van der Waals surface area (Å²) in [6, 6.07) is 5.28. The number of hydrogen-bond donors (Lipinski definition) is 1. The highest BCUT2D eigenvalue weighted by atomic mass is 16.5. The molecule has 0 aliphatic heterocycles. The Labute approximate surface area is 111 Å². The Bertz CT molecular complexity index is 571. The van der Waals surface area contributed by atoms with Crippen LogP contribution in [0.2, 0.25) is 0 Å². The van der Waals surface area contributed by atoms with E-state index in [0.717, 1.165) is 19.3 Å². The predicted molar refractivity (Wildman–Crippen MR) is 68.6 cm³/mol. The Morgan fingerprint density at radius 1 is 1.42 bits per heavy atom. The van der Waals surface area contributed by atoms with Crippen LogP contribution in [0.15, 0.2) is 16.9 Å². The smallest absolute Gasteiger partial charge is 0.344 e. The van der Waals surface area contributed by atoms with Crippen molar-refractivity contribution in [2.75, 3.05) is 0 Å². The number of nitrogens with one attached hydrogen (secondary N) is 1. The van der Waals surface area contributed by atoms with Gasteiger partial charge < -0.3 is 9.72 Å². The molecule has 1 heterocycles. The molecule has 5 heteroatoms. The number of ether oxygens (including phenoxy) is 1. The zero-order valence-electron chi connectivity index (χ0n) is 10.8. The number of carbonyl (C=O) groups excluding carboxylic acids is 1. The summed E-state index contributed by atoms with van der Waals surface area (Å²) in [6.45, 7) is 1.74. The Hall–Kier alpha value is -2.09. The first-order valence-corrected chi connectivity index (χ1v) is 6.42. The fourth-order valence-electron chi connectivity index (χ4n) is 2.32. The largest absolute Gasteiger partial charge is 0.457 e. The van der Waals surface area contributed by atoms with Gasteiger partial charge in [-0.3, -0.25) is 4.79 Å². The van der Waals surface area contributed by atoms with Gasteiger partial charge in [-0.1, -0.05) is 6.42 Å². The van der Waals surface area contributed by atoms with E-state index in [2.05, 4.69) is 11.1 Å². The highest BCUT2D eigenvalue weighted by Gasteiger charge is 2.29. The lowest BCUT2D eigenvalue weighted by atomic mass is 9.87. The van der Waals surface area contributed by atoms with Crippen LogP contribution in [0, 0.1) is 24.2 Å². The number of aryl methyl sites for hydroxylation is 1. The van der Waals surface area contributed by atoms with E-state index >= 15 is 0 Å². The first-order chi connectivity index (χ1) is 9.11. The van der Waals surface area contributed by atoms with E-state index in [1.54, 1.807) is 13.0 Å². The van der Waals surface area contributed by atoms with Crippen molar-refractivity contribution in [2.24, 2.45) is 5.92 Å². The molecule has 2 atom stereocenters. The average molecular weight is 260 g/mol. The van der Waals surface area contributed by atoms with Crippen molar-refractivity contribution >= 4 is 5.97 Å². The normalized spacial score (nSPS) is 22.5. The van der Waals surface area contributed by atoms with Crippen LogP contribution in [0.4, 0.5) is 0 Å². The van der Waals surface area contributed by atoms with E-state index in [9.17, 15) is 9.59 Å². The third-order valence-corrected chi connectivity index (χ3v) is 3.40. The van der Waals surface area contributed by atoms with Crippen LogP contribution in [-0.2, 0) is 4.74 Å². The van der Waals surface area contributed by atoms with E-state index < -0.39 is 17.6 Å². The van der Waals surface area contributed by atoms with Crippen molar-refractivity contribution < 1.29 is 9.53 Å². The molecule has 1 fully saturated rings. The van der Waals surface area contributed by atoms with Crippen molar-refractivity contribution in [3.05, 3.63) is 33.7 Å². The van der Waals surface area contributed by atoms with Crippen LogP contribution >= 0.6 is 0 Å². The number of aromatic nitrogens is 1. The van der Waals surface area contributed by atoms with Gasteiger partial charge in [-0.2, -0.15) is 5.26 Å². The molecule has 0 unspecified atom stereocenters. The van der Waals surface area contributed by atoms with Gasteiger partial charge >= 0.3 is 5.97 Å². The standard InChI is InChI=1S/C14H16N2O3/c1-9-6-7-11(13(17)16-9)14(18)19-12-5-3-2-4-10(12)8-15/h6-7,10,12H,2-5H2,1H3,(H,16,17)/t10-,12+/m0/s1. The second kappa shape index (κ2) is 5.70. The number of nitriles is 1. The first-order valence-electron chi connectivity index (χ1n) is 6.42. The Kier molecular flexibility index (Phi) is 4.00. The molecule has 1 aliphatic carbocycles. The Morgan fingerprint density at radius 2 is 2.16 bits per heavy atom. The second-order valence-electron chi connectivity index (χ2n) is 4.85. The number of carbonyl (C=O) groups is 1. The molecule has 19 heavy (non-hydrogen) atoms. The number of aromatic amines is 1. The molecule has 1 aromatic rings. The van der Waals surface area contributed by atoms with Crippen LogP contribution in [0.25, 0.3) is 0 Å². The van der Waals surface area contributed by atoms with Gasteiger partial charge in [0.25, 0.3) is 5.56 Å². The van der Waals surface area contributed by atoms with E-state index in [0.29, 0.717) is 12.1 Å². The molecule has 0 saturated heterocycles. The molecule has 0 spiro atoms. The van der Waals surface area contributed by atoms with Crippen LogP contribution in [0.1, 0.15) is 41.7 Å². The lowest BCUT2D eigenvalue weighted by molar-refractivity contribution is 0.0105. The van der Waals surface area contributed by atoms with Crippen molar-refractivity contribution in [3.63, 3.8) is 0 Å². The maximum absolute atomic E-state index is 12.0. The van der Waals surface area contributed by atoms with Gasteiger partial charge in [0.2, 0.25) is 0 Å². The summed E-state index contributed by atoms with van der Waals surface area (Å²) in [5.74, 6) is -0.907. The van der Waals surface area contributed by atoms with Gasteiger partial charge in [0, 0.05) is 5.69 Å².